The molecule has 0 radical (unpaired) electrons. The molecule has 0 aliphatic carbocycles. The van der Waals surface area contributed by atoms with Crippen molar-refractivity contribution in [2.45, 2.75) is 47.6 Å². The van der Waals surface area contributed by atoms with Crippen LogP contribution in [-0.4, -0.2) is 5.97 Å². The largest absolute Gasteiger partial charge is 0.458 e. The van der Waals surface area contributed by atoms with Crippen LogP contribution < -0.4 is 0 Å². The lowest BCUT2D eigenvalue weighted by atomic mass is 9.82. The van der Waals surface area contributed by atoms with Gasteiger partial charge in [0.1, 0.15) is 6.10 Å². The average Bonchev–Trinajstić information content (AvgIpc) is 2.54. The quantitative estimate of drug-likeness (QED) is 0.650. The molecule has 2 aromatic carbocycles. The van der Waals surface area contributed by atoms with Gasteiger partial charge in [0.15, 0.2) is 0 Å². The van der Waals surface area contributed by atoms with Gasteiger partial charge in [-0.25, -0.2) is 0 Å². The Morgan fingerprint density at radius 3 is 1.79 bits per heavy atom. The van der Waals surface area contributed by atoms with E-state index in [9.17, 15) is 4.79 Å². The van der Waals surface area contributed by atoms with Gasteiger partial charge in [-0.05, 0) is 36.0 Å². The van der Waals surface area contributed by atoms with Gasteiger partial charge in [0.25, 0.3) is 0 Å². The standard InChI is InChI=1S/C22H28O2/c1-15-7-9-19(10-8-15)20-13-11-18(12-14-20)17(3)24-21(23)16(2)22(4,5)6/h7-14,16-17H,1-6H3. The van der Waals surface area contributed by atoms with E-state index in [-0.39, 0.29) is 23.4 Å². The normalized spacial score (nSPS) is 14.1. The Balaban J connectivity index is 2.07. The number of esters is 1. The van der Waals surface area contributed by atoms with Crippen molar-refractivity contribution in [2.75, 3.05) is 0 Å². The molecule has 24 heavy (non-hydrogen) atoms. The number of hydrogen-bond donors (Lipinski definition) is 0. The highest BCUT2D eigenvalue weighted by Crippen LogP contribution is 2.29. The van der Waals surface area contributed by atoms with E-state index in [0.717, 1.165) is 5.56 Å². The van der Waals surface area contributed by atoms with Crippen molar-refractivity contribution >= 4 is 5.97 Å². The maximum absolute atomic E-state index is 12.3. The SMILES string of the molecule is Cc1ccc(-c2ccc(C(C)OC(=O)C(C)C(C)(C)C)cc2)cc1. The van der Waals surface area contributed by atoms with Crippen molar-refractivity contribution in [3.8, 4) is 11.1 Å². The number of aryl methyl sites for hydroxylation is 1. The molecule has 2 unspecified atom stereocenters. The second-order valence-corrected chi connectivity index (χ2v) is 7.65. The average molecular weight is 324 g/mol. The number of carbonyl (C=O) groups excluding carboxylic acids is 1. The van der Waals surface area contributed by atoms with Crippen LogP contribution in [0.2, 0.25) is 0 Å². The summed E-state index contributed by atoms with van der Waals surface area (Å²) in [6.07, 6.45) is -0.241. The van der Waals surface area contributed by atoms with Crippen LogP contribution in [0.4, 0.5) is 0 Å². The van der Waals surface area contributed by atoms with Crippen LogP contribution in [0.25, 0.3) is 11.1 Å². The van der Waals surface area contributed by atoms with Crippen molar-refractivity contribution in [3.63, 3.8) is 0 Å². The molecule has 0 saturated carbocycles. The van der Waals surface area contributed by atoms with Gasteiger partial charge in [0.2, 0.25) is 0 Å². The molecular formula is C22H28O2. The molecule has 2 aromatic rings. The Hall–Kier alpha value is -2.09. The van der Waals surface area contributed by atoms with Gasteiger partial charge in [0.05, 0.1) is 5.92 Å². The molecule has 128 valence electrons. The summed E-state index contributed by atoms with van der Waals surface area (Å²) in [6, 6.07) is 16.7. The second kappa shape index (κ2) is 7.21. The van der Waals surface area contributed by atoms with Crippen molar-refractivity contribution < 1.29 is 9.53 Å². The molecule has 0 saturated heterocycles. The van der Waals surface area contributed by atoms with Crippen LogP contribution in [0, 0.1) is 18.3 Å². The first kappa shape index (κ1) is 18.3. The molecule has 0 aromatic heterocycles. The summed E-state index contributed by atoms with van der Waals surface area (Å²) < 4.78 is 5.65. The van der Waals surface area contributed by atoms with E-state index in [0.29, 0.717) is 0 Å². The summed E-state index contributed by atoms with van der Waals surface area (Å²) in [5.41, 5.74) is 4.54. The minimum atomic E-state index is -0.241. The summed E-state index contributed by atoms with van der Waals surface area (Å²) >= 11 is 0. The van der Waals surface area contributed by atoms with E-state index in [1.165, 1.54) is 16.7 Å². The predicted octanol–water partition coefficient (Wildman–Crippen LogP) is 5.95. The Bertz CT molecular complexity index is 675. The zero-order valence-corrected chi connectivity index (χ0v) is 15.6. The minimum Gasteiger partial charge on any atom is -0.458 e. The molecule has 0 N–H and O–H groups in total. The van der Waals surface area contributed by atoms with Gasteiger partial charge >= 0.3 is 5.97 Å². The Morgan fingerprint density at radius 2 is 1.33 bits per heavy atom. The van der Waals surface area contributed by atoms with Gasteiger partial charge in [-0.2, -0.15) is 0 Å². The van der Waals surface area contributed by atoms with Gasteiger partial charge in [0, 0.05) is 0 Å². The fourth-order valence-corrected chi connectivity index (χ4v) is 2.39. The summed E-state index contributed by atoms with van der Waals surface area (Å²) in [6.45, 7) is 12.1. The third-order valence-corrected chi connectivity index (χ3v) is 4.71. The summed E-state index contributed by atoms with van der Waals surface area (Å²) in [7, 11) is 0. The van der Waals surface area contributed by atoms with Crippen LogP contribution in [0.15, 0.2) is 48.5 Å². The lowest BCUT2D eigenvalue weighted by Gasteiger charge is -2.27. The molecule has 2 rings (SSSR count). The van der Waals surface area contributed by atoms with Crippen molar-refractivity contribution in [2.24, 2.45) is 11.3 Å². The van der Waals surface area contributed by atoms with Crippen LogP contribution in [0.1, 0.15) is 51.8 Å². The van der Waals surface area contributed by atoms with Crippen molar-refractivity contribution in [1.29, 1.82) is 0 Å². The number of carbonyl (C=O) groups is 1. The van der Waals surface area contributed by atoms with Crippen molar-refractivity contribution in [3.05, 3.63) is 59.7 Å². The summed E-state index contributed by atoms with van der Waals surface area (Å²) in [5.74, 6) is -0.274. The highest BCUT2D eigenvalue weighted by atomic mass is 16.5. The first-order valence-electron chi connectivity index (χ1n) is 8.56. The van der Waals surface area contributed by atoms with E-state index in [1.807, 2.05) is 26.0 Å². The number of benzene rings is 2. The van der Waals surface area contributed by atoms with E-state index in [1.54, 1.807) is 0 Å². The number of ether oxygens (including phenoxy) is 1. The lowest BCUT2D eigenvalue weighted by Crippen LogP contribution is -2.28. The smallest absolute Gasteiger partial charge is 0.309 e. The van der Waals surface area contributed by atoms with Crippen LogP contribution >= 0.6 is 0 Å². The Labute approximate surface area is 145 Å². The molecule has 0 fully saturated rings. The highest BCUT2D eigenvalue weighted by Gasteiger charge is 2.29. The lowest BCUT2D eigenvalue weighted by molar-refractivity contribution is -0.156. The third kappa shape index (κ3) is 4.47. The number of rotatable bonds is 4. The zero-order chi connectivity index (χ0) is 17.9. The molecule has 2 atom stereocenters. The van der Waals surface area contributed by atoms with Gasteiger partial charge < -0.3 is 4.74 Å². The predicted molar refractivity (Wildman–Crippen MR) is 99.7 cm³/mol. The maximum Gasteiger partial charge on any atom is 0.309 e. The third-order valence-electron chi connectivity index (χ3n) is 4.71. The minimum absolute atomic E-state index is 0.0912. The molecule has 0 heterocycles. The van der Waals surface area contributed by atoms with Gasteiger partial charge in [-0.1, -0.05) is 81.8 Å². The monoisotopic (exact) mass is 324 g/mol. The Kier molecular flexibility index (Phi) is 5.48. The molecule has 0 bridgehead atoms. The maximum atomic E-state index is 12.3. The first-order valence-corrected chi connectivity index (χ1v) is 8.56. The highest BCUT2D eigenvalue weighted by molar-refractivity contribution is 5.73. The van der Waals surface area contributed by atoms with Crippen LogP contribution in [0.3, 0.4) is 0 Å². The summed E-state index contributed by atoms with van der Waals surface area (Å²) in [5, 5.41) is 0. The van der Waals surface area contributed by atoms with Gasteiger partial charge in [-0.3, -0.25) is 4.79 Å². The second-order valence-electron chi connectivity index (χ2n) is 7.65. The van der Waals surface area contributed by atoms with Crippen molar-refractivity contribution in [1.82, 2.24) is 0 Å². The summed E-state index contributed by atoms with van der Waals surface area (Å²) in [4.78, 5) is 12.3. The zero-order valence-electron chi connectivity index (χ0n) is 15.6. The van der Waals surface area contributed by atoms with E-state index >= 15 is 0 Å². The molecule has 0 aliphatic rings. The topological polar surface area (TPSA) is 26.3 Å². The van der Waals surface area contributed by atoms with Gasteiger partial charge in [-0.15, -0.1) is 0 Å². The van der Waals surface area contributed by atoms with Crippen LogP contribution in [0.5, 0.6) is 0 Å². The molecule has 0 amide bonds. The molecule has 0 spiro atoms. The first-order chi connectivity index (χ1) is 11.2. The molecule has 2 nitrogen and oxygen atoms in total. The molecule has 0 aliphatic heterocycles. The number of hydrogen-bond acceptors (Lipinski definition) is 2. The van der Waals surface area contributed by atoms with E-state index < -0.39 is 0 Å². The molecular weight excluding hydrogens is 296 g/mol. The fraction of sp³-hybridized carbons (Fsp3) is 0.409. The fourth-order valence-electron chi connectivity index (χ4n) is 2.39. The molecule has 2 heteroatoms. The Morgan fingerprint density at radius 1 is 0.875 bits per heavy atom. The van der Waals surface area contributed by atoms with E-state index in [4.69, 9.17) is 4.74 Å². The van der Waals surface area contributed by atoms with Crippen LogP contribution in [-0.2, 0) is 9.53 Å². The van der Waals surface area contributed by atoms with E-state index in [2.05, 4.69) is 64.1 Å².